The van der Waals surface area contributed by atoms with Gasteiger partial charge in [0.05, 0.1) is 24.6 Å². The van der Waals surface area contributed by atoms with Crippen LogP contribution in [-0.4, -0.2) is 4.98 Å². The van der Waals surface area contributed by atoms with Gasteiger partial charge in [-0.1, -0.05) is 18.2 Å². The number of para-hydroxylation sites is 1. The van der Waals surface area contributed by atoms with Crippen molar-refractivity contribution in [3.63, 3.8) is 0 Å². The van der Waals surface area contributed by atoms with E-state index in [1.807, 2.05) is 55.8 Å². The number of nitrogens with zero attached hydrogens (tertiary/aromatic N) is 4. The van der Waals surface area contributed by atoms with E-state index in [1.54, 1.807) is 0 Å². The van der Waals surface area contributed by atoms with Crippen molar-refractivity contribution in [1.29, 1.82) is 0 Å². The number of aryl methyl sites for hydroxylation is 2. The molecule has 2 aromatic carbocycles. The number of benzene rings is 2. The molecule has 4 rings (SSSR count). The van der Waals surface area contributed by atoms with Crippen molar-refractivity contribution >= 4 is 16.6 Å². The van der Waals surface area contributed by atoms with Gasteiger partial charge >= 0.3 is 5.82 Å². The Morgan fingerprint density at radius 2 is 1.78 bits per heavy atom. The highest BCUT2D eigenvalue weighted by molar-refractivity contribution is 5.77. The van der Waals surface area contributed by atoms with E-state index >= 15 is 0 Å². The number of hydrogen-bond donors (Lipinski definition) is 0. The van der Waals surface area contributed by atoms with Gasteiger partial charge in [-0.15, -0.1) is 0 Å². The monoisotopic (exact) mass is 352 g/mol. The molecule has 4 nitrogen and oxygen atoms in total. The Bertz CT molecular complexity index is 1220. The fraction of sp³-hybridized carbons (Fsp3) is 0.130. The number of hydrogen-bond acceptors (Lipinski definition) is 1. The summed E-state index contributed by atoms with van der Waals surface area (Å²) >= 11 is 0. The van der Waals surface area contributed by atoms with Gasteiger partial charge in [0.1, 0.15) is 5.52 Å². The van der Waals surface area contributed by atoms with E-state index < -0.39 is 0 Å². The summed E-state index contributed by atoms with van der Waals surface area (Å²) in [7, 11) is 2.02. The summed E-state index contributed by atoms with van der Waals surface area (Å²) in [4.78, 5) is 8.43. The van der Waals surface area contributed by atoms with Crippen molar-refractivity contribution in [3.05, 3.63) is 89.7 Å². The van der Waals surface area contributed by atoms with E-state index in [0.717, 1.165) is 39.2 Å². The van der Waals surface area contributed by atoms with Crippen molar-refractivity contribution in [1.82, 2.24) is 4.98 Å². The third-order valence-electron chi connectivity index (χ3n) is 5.00. The molecule has 0 bridgehead atoms. The maximum atomic E-state index is 7.56. The Labute approximate surface area is 158 Å². The first kappa shape index (κ1) is 16.9. The predicted octanol–water partition coefficient (Wildman–Crippen LogP) is 4.17. The summed E-state index contributed by atoms with van der Waals surface area (Å²) in [5.74, 6) is 0.854. The van der Waals surface area contributed by atoms with Crippen LogP contribution in [0, 0.1) is 20.4 Å². The van der Waals surface area contributed by atoms with E-state index in [2.05, 4.69) is 46.0 Å². The predicted molar refractivity (Wildman–Crippen MR) is 106 cm³/mol. The number of aromatic nitrogens is 3. The molecule has 0 spiro atoms. The fourth-order valence-corrected chi connectivity index (χ4v) is 3.51. The van der Waals surface area contributed by atoms with E-state index in [1.165, 1.54) is 0 Å². The van der Waals surface area contributed by atoms with Crippen LogP contribution < -0.4 is 9.13 Å². The second kappa shape index (κ2) is 6.62. The molecular weight excluding hydrogens is 332 g/mol. The lowest BCUT2D eigenvalue weighted by Gasteiger charge is -2.09. The molecule has 0 atom stereocenters. The Kier molecular flexibility index (Phi) is 4.13. The first-order valence-corrected chi connectivity index (χ1v) is 8.84. The van der Waals surface area contributed by atoms with Crippen LogP contribution in [0.15, 0.2) is 67.0 Å². The van der Waals surface area contributed by atoms with Gasteiger partial charge in [0.25, 0.3) is 0 Å². The SMILES string of the molecule is [C-]#[N+]c1cc(-c2ncc3ccccc3[n+]2C)c(C)c(-[n+]2ccccc2C)c1. The van der Waals surface area contributed by atoms with Gasteiger partial charge in [0.15, 0.2) is 23.8 Å². The first-order valence-electron chi connectivity index (χ1n) is 8.84. The molecule has 4 aromatic rings. The van der Waals surface area contributed by atoms with Crippen LogP contribution in [0.4, 0.5) is 5.69 Å². The van der Waals surface area contributed by atoms with E-state index in [-0.39, 0.29) is 0 Å². The van der Waals surface area contributed by atoms with Crippen LogP contribution in [0.1, 0.15) is 11.3 Å². The van der Waals surface area contributed by atoms with Gasteiger partial charge in [0.2, 0.25) is 5.69 Å². The fourth-order valence-electron chi connectivity index (χ4n) is 3.51. The quantitative estimate of drug-likeness (QED) is 0.393. The smallest absolute Gasteiger partial charge is 0.238 e. The van der Waals surface area contributed by atoms with Crippen molar-refractivity contribution < 1.29 is 9.13 Å². The number of pyridine rings is 1. The van der Waals surface area contributed by atoms with Crippen LogP contribution in [-0.2, 0) is 7.05 Å². The molecule has 130 valence electrons. The molecule has 4 heteroatoms. The van der Waals surface area contributed by atoms with E-state index in [0.29, 0.717) is 5.69 Å². The van der Waals surface area contributed by atoms with Crippen LogP contribution in [0.25, 0.3) is 32.8 Å². The number of rotatable bonds is 2. The molecule has 0 aliphatic heterocycles. The van der Waals surface area contributed by atoms with Crippen LogP contribution >= 0.6 is 0 Å². The van der Waals surface area contributed by atoms with Gasteiger partial charge in [-0.2, -0.15) is 4.57 Å². The van der Waals surface area contributed by atoms with Crippen molar-refractivity contribution in [2.45, 2.75) is 13.8 Å². The molecule has 0 aliphatic rings. The summed E-state index contributed by atoms with van der Waals surface area (Å²) in [6.07, 6.45) is 3.93. The van der Waals surface area contributed by atoms with Gasteiger partial charge < -0.3 is 0 Å². The summed E-state index contributed by atoms with van der Waals surface area (Å²) in [5.41, 5.74) is 5.91. The van der Waals surface area contributed by atoms with Crippen LogP contribution in [0.5, 0.6) is 0 Å². The standard InChI is InChI=1S/C23H20N4/c1-16-9-7-8-12-27(16)22-14-19(24-3)13-20(17(22)2)23-25-15-18-10-5-6-11-21(18)26(23)4/h5-15H,1-2,4H3/q+2. The Morgan fingerprint density at radius 3 is 2.56 bits per heavy atom. The summed E-state index contributed by atoms with van der Waals surface area (Å²) in [6.45, 7) is 11.7. The highest BCUT2D eigenvalue weighted by Crippen LogP contribution is 2.29. The molecule has 0 amide bonds. The molecule has 2 heterocycles. The minimum Gasteiger partial charge on any atom is -0.238 e. The van der Waals surface area contributed by atoms with Crippen molar-refractivity contribution in [2.24, 2.45) is 7.05 Å². The first-order chi connectivity index (χ1) is 13.1. The molecule has 0 fully saturated rings. The van der Waals surface area contributed by atoms with E-state index in [4.69, 9.17) is 11.6 Å². The van der Waals surface area contributed by atoms with E-state index in [9.17, 15) is 0 Å². The third-order valence-corrected chi connectivity index (χ3v) is 5.00. The minimum absolute atomic E-state index is 0.608. The van der Waals surface area contributed by atoms with Crippen LogP contribution in [0.2, 0.25) is 0 Å². The second-order valence-electron chi connectivity index (χ2n) is 6.66. The molecule has 0 saturated heterocycles. The highest BCUT2D eigenvalue weighted by Gasteiger charge is 2.24. The Balaban J connectivity index is 2.03. The molecule has 0 aliphatic carbocycles. The second-order valence-corrected chi connectivity index (χ2v) is 6.66. The maximum absolute atomic E-state index is 7.56. The molecule has 27 heavy (non-hydrogen) atoms. The Morgan fingerprint density at radius 1 is 1.00 bits per heavy atom. The summed E-state index contributed by atoms with van der Waals surface area (Å²) < 4.78 is 4.21. The summed E-state index contributed by atoms with van der Waals surface area (Å²) in [5, 5.41) is 1.09. The molecule has 0 unspecified atom stereocenters. The summed E-state index contributed by atoms with van der Waals surface area (Å²) in [6, 6.07) is 18.2. The lowest BCUT2D eigenvalue weighted by atomic mass is 10.0. The van der Waals surface area contributed by atoms with Crippen molar-refractivity contribution in [2.75, 3.05) is 0 Å². The zero-order valence-corrected chi connectivity index (χ0v) is 15.6. The van der Waals surface area contributed by atoms with Crippen LogP contribution in [0.3, 0.4) is 0 Å². The van der Waals surface area contributed by atoms with Gasteiger partial charge in [0, 0.05) is 30.7 Å². The maximum Gasteiger partial charge on any atom is 0.329 e. The van der Waals surface area contributed by atoms with Gasteiger partial charge in [-0.05, 0) is 30.1 Å². The highest BCUT2D eigenvalue weighted by atomic mass is 15.0. The Hall–Kier alpha value is -3.58. The zero-order valence-electron chi connectivity index (χ0n) is 15.6. The largest absolute Gasteiger partial charge is 0.329 e. The average molecular weight is 352 g/mol. The molecule has 0 saturated carbocycles. The topological polar surface area (TPSA) is 25.0 Å². The zero-order chi connectivity index (χ0) is 19.0. The lowest BCUT2D eigenvalue weighted by molar-refractivity contribution is -0.636. The normalized spacial score (nSPS) is 10.7. The number of fused-ring (bicyclic) bond motifs is 1. The third kappa shape index (κ3) is 2.84. The molecular formula is C23H20N4+2. The average Bonchev–Trinajstić information content (AvgIpc) is 2.70. The molecule has 0 radical (unpaired) electrons. The molecule has 2 aromatic heterocycles. The lowest BCUT2D eigenvalue weighted by Crippen LogP contribution is -2.36. The molecule has 0 N–H and O–H groups in total. The minimum atomic E-state index is 0.608. The van der Waals surface area contributed by atoms with Crippen molar-refractivity contribution in [3.8, 4) is 17.1 Å². The van der Waals surface area contributed by atoms with Gasteiger partial charge in [-0.3, -0.25) is 0 Å². The van der Waals surface area contributed by atoms with Gasteiger partial charge in [-0.25, -0.2) is 9.41 Å².